The maximum Gasteiger partial charge on any atom is 0.332 e. The lowest BCUT2D eigenvalue weighted by Crippen LogP contribution is -2.17. The van der Waals surface area contributed by atoms with Gasteiger partial charge in [0.2, 0.25) is 0 Å². The third-order valence-electron chi connectivity index (χ3n) is 0.672. The Kier molecular flexibility index (Phi) is 14.8. The smallest absolute Gasteiger partial charge is 0.332 e. The molecular formula is C6H14O5S. The van der Waals surface area contributed by atoms with Crippen LogP contribution in [0, 0.1) is 0 Å². The van der Waals surface area contributed by atoms with Crippen molar-refractivity contribution in [2.45, 2.75) is 26.4 Å². The van der Waals surface area contributed by atoms with E-state index < -0.39 is 18.0 Å². The molecule has 5 nitrogen and oxygen atoms in total. The first-order chi connectivity index (χ1) is 4.91. The van der Waals surface area contributed by atoms with Crippen LogP contribution in [0.25, 0.3) is 0 Å². The summed E-state index contributed by atoms with van der Waals surface area (Å²) in [5, 5.41) is 23.7. The van der Waals surface area contributed by atoms with Gasteiger partial charge in [0.15, 0.2) is 6.10 Å². The summed E-state index contributed by atoms with van der Waals surface area (Å²) < 4.78 is 0. The van der Waals surface area contributed by atoms with E-state index in [2.05, 4.69) is 0 Å². The minimum Gasteiger partial charge on any atom is -0.481 e. The summed E-state index contributed by atoms with van der Waals surface area (Å²) in [5.74, 6) is -1.98. The zero-order chi connectivity index (χ0) is 9.44. The first-order valence-corrected chi connectivity index (χ1v) is 3.02. The van der Waals surface area contributed by atoms with Crippen LogP contribution in [0.2, 0.25) is 0 Å². The summed E-state index contributed by atoms with van der Waals surface area (Å²) in [4.78, 5) is 18.7. The maximum absolute atomic E-state index is 9.68. The molecule has 0 spiro atoms. The highest BCUT2D eigenvalue weighted by atomic mass is 32.1. The van der Waals surface area contributed by atoms with Crippen LogP contribution in [0.3, 0.4) is 0 Å². The van der Waals surface area contributed by atoms with Crippen LogP contribution in [-0.2, 0) is 9.59 Å². The SMILES string of the molecule is CC(=O)O.CCC(O)C(=O)O.S. The molecule has 6 heteroatoms. The van der Waals surface area contributed by atoms with Crippen LogP contribution in [-0.4, -0.2) is 33.4 Å². The number of carbonyl (C=O) groups is 2. The Bertz CT molecular complexity index is 132. The molecule has 0 radical (unpaired) electrons. The molecule has 1 unspecified atom stereocenters. The Morgan fingerprint density at radius 2 is 1.58 bits per heavy atom. The zero-order valence-electron chi connectivity index (χ0n) is 6.94. The summed E-state index contributed by atoms with van der Waals surface area (Å²) in [6, 6.07) is 0. The minimum absolute atomic E-state index is 0. The van der Waals surface area contributed by atoms with Gasteiger partial charge in [-0.2, -0.15) is 13.5 Å². The highest BCUT2D eigenvalue weighted by Crippen LogP contribution is 1.86. The second-order valence-corrected chi connectivity index (χ2v) is 1.78. The molecule has 0 aromatic carbocycles. The first kappa shape index (κ1) is 17.4. The Hall–Kier alpha value is -0.750. The summed E-state index contributed by atoms with van der Waals surface area (Å²) >= 11 is 0. The Morgan fingerprint density at radius 1 is 1.33 bits per heavy atom. The normalized spacial score (nSPS) is 9.92. The summed E-state index contributed by atoms with van der Waals surface area (Å²) in [5.41, 5.74) is 0. The van der Waals surface area contributed by atoms with Crippen LogP contribution in [0.1, 0.15) is 20.3 Å². The van der Waals surface area contributed by atoms with Gasteiger partial charge < -0.3 is 15.3 Å². The number of aliphatic hydroxyl groups excluding tert-OH is 1. The van der Waals surface area contributed by atoms with Gasteiger partial charge in [-0.25, -0.2) is 4.79 Å². The number of aliphatic hydroxyl groups is 1. The fraction of sp³-hybridized carbons (Fsp3) is 0.667. The van der Waals surface area contributed by atoms with Gasteiger partial charge in [0.05, 0.1) is 0 Å². The molecule has 0 saturated heterocycles. The average Bonchev–Trinajstić information content (AvgIpc) is 1.85. The molecule has 0 aromatic rings. The molecule has 0 rings (SSSR count). The Labute approximate surface area is 77.5 Å². The van der Waals surface area contributed by atoms with E-state index in [1.54, 1.807) is 6.92 Å². The van der Waals surface area contributed by atoms with Crippen molar-refractivity contribution in [3.05, 3.63) is 0 Å². The van der Waals surface area contributed by atoms with Crippen LogP contribution >= 0.6 is 13.5 Å². The van der Waals surface area contributed by atoms with E-state index in [-0.39, 0.29) is 19.9 Å². The molecule has 0 bridgehead atoms. The van der Waals surface area contributed by atoms with Gasteiger partial charge in [-0.15, -0.1) is 0 Å². The highest BCUT2D eigenvalue weighted by Gasteiger charge is 2.07. The molecule has 0 aliphatic carbocycles. The molecule has 1 atom stereocenters. The highest BCUT2D eigenvalue weighted by molar-refractivity contribution is 7.59. The Balaban J connectivity index is -0.000000142. The molecule has 0 heterocycles. The van der Waals surface area contributed by atoms with Crippen molar-refractivity contribution in [1.29, 1.82) is 0 Å². The molecule has 74 valence electrons. The predicted octanol–water partition coefficient (Wildman–Crippen LogP) is 0.0456. The number of hydrogen-bond donors (Lipinski definition) is 3. The van der Waals surface area contributed by atoms with Crippen molar-refractivity contribution in [3.63, 3.8) is 0 Å². The molecule has 3 N–H and O–H groups in total. The van der Waals surface area contributed by atoms with Crippen molar-refractivity contribution >= 4 is 25.4 Å². The second-order valence-electron chi connectivity index (χ2n) is 1.78. The number of rotatable bonds is 2. The average molecular weight is 198 g/mol. The lowest BCUT2D eigenvalue weighted by molar-refractivity contribution is -0.146. The molecule has 0 saturated carbocycles. The third-order valence-corrected chi connectivity index (χ3v) is 0.672. The summed E-state index contributed by atoms with van der Waals surface area (Å²) in [7, 11) is 0. The zero-order valence-corrected chi connectivity index (χ0v) is 7.94. The van der Waals surface area contributed by atoms with E-state index in [1.807, 2.05) is 0 Å². The standard InChI is InChI=1S/C4H8O3.C2H4O2.H2S/c1-2-3(5)4(6)7;1-2(3)4;/h3,5H,2H2,1H3,(H,6,7);1H3,(H,3,4);1H2. The lowest BCUT2D eigenvalue weighted by atomic mass is 10.3. The van der Waals surface area contributed by atoms with Crippen molar-refractivity contribution in [1.82, 2.24) is 0 Å². The number of aliphatic carboxylic acids is 2. The van der Waals surface area contributed by atoms with Gasteiger partial charge in [-0.05, 0) is 6.42 Å². The third kappa shape index (κ3) is 22.8. The molecular weight excluding hydrogens is 184 g/mol. The van der Waals surface area contributed by atoms with E-state index in [0.29, 0.717) is 0 Å². The lowest BCUT2D eigenvalue weighted by Gasteiger charge is -1.95. The molecule has 0 fully saturated rings. The number of hydrogen-bond acceptors (Lipinski definition) is 3. The molecule has 0 aliphatic heterocycles. The molecule has 0 amide bonds. The minimum atomic E-state index is -1.18. The van der Waals surface area contributed by atoms with Crippen molar-refractivity contribution < 1.29 is 24.9 Å². The van der Waals surface area contributed by atoms with E-state index in [4.69, 9.17) is 20.1 Å². The Morgan fingerprint density at radius 3 is 1.58 bits per heavy atom. The second kappa shape index (κ2) is 10.2. The van der Waals surface area contributed by atoms with Gasteiger partial charge in [0.1, 0.15) is 0 Å². The van der Waals surface area contributed by atoms with E-state index >= 15 is 0 Å². The van der Waals surface area contributed by atoms with E-state index in [9.17, 15) is 4.79 Å². The van der Waals surface area contributed by atoms with Crippen LogP contribution in [0.4, 0.5) is 0 Å². The number of carboxylic acids is 2. The molecule has 0 aliphatic rings. The van der Waals surface area contributed by atoms with E-state index in [0.717, 1.165) is 6.92 Å². The predicted molar refractivity (Wildman–Crippen MR) is 47.6 cm³/mol. The van der Waals surface area contributed by atoms with Crippen LogP contribution in [0.15, 0.2) is 0 Å². The number of carboxylic acid groups (broad SMARTS) is 2. The van der Waals surface area contributed by atoms with Gasteiger partial charge in [0, 0.05) is 6.92 Å². The van der Waals surface area contributed by atoms with E-state index in [1.165, 1.54) is 0 Å². The van der Waals surface area contributed by atoms with Crippen molar-refractivity contribution in [2.75, 3.05) is 0 Å². The summed E-state index contributed by atoms with van der Waals surface area (Å²) in [6.45, 7) is 2.69. The monoisotopic (exact) mass is 198 g/mol. The van der Waals surface area contributed by atoms with Crippen molar-refractivity contribution in [2.24, 2.45) is 0 Å². The fourth-order valence-electron chi connectivity index (χ4n) is 0.175. The quantitative estimate of drug-likeness (QED) is 0.582. The van der Waals surface area contributed by atoms with Crippen molar-refractivity contribution in [3.8, 4) is 0 Å². The van der Waals surface area contributed by atoms with Gasteiger partial charge >= 0.3 is 5.97 Å². The van der Waals surface area contributed by atoms with Gasteiger partial charge in [0.25, 0.3) is 5.97 Å². The topological polar surface area (TPSA) is 94.8 Å². The maximum atomic E-state index is 9.68. The largest absolute Gasteiger partial charge is 0.481 e. The first-order valence-electron chi connectivity index (χ1n) is 3.02. The van der Waals surface area contributed by atoms with Gasteiger partial charge in [-0.1, -0.05) is 6.92 Å². The molecule has 0 aromatic heterocycles. The molecule has 12 heavy (non-hydrogen) atoms. The van der Waals surface area contributed by atoms with Crippen LogP contribution in [0.5, 0.6) is 0 Å². The summed E-state index contributed by atoms with van der Waals surface area (Å²) in [6.07, 6.45) is -0.907. The fourth-order valence-corrected chi connectivity index (χ4v) is 0.175. The van der Waals surface area contributed by atoms with Crippen LogP contribution < -0.4 is 0 Å². The van der Waals surface area contributed by atoms with Gasteiger partial charge in [-0.3, -0.25) is 4.79 Å².